The quantitative estimate of drug-likeness (QED) is 0.395. The largest absolute Gasteiger partial charge is 0.491 e. The van der Waals surface area contributed by atoms with Crippen LogP contribution in [0, 0.1) is 0 Å². The second kappa shape index (κ2) is 11.3. The SMILES string of the molecule is CC(=O)Nc1cccc(CNc2ccc(C(=O)N[C@H]3COc4cc(N5CCNCC5)ccc4C3)cn2)c1. The van der Waals surface area contributed by atoms with E-state index in [2.05, 4.69) is 49.4 Å². The third-order valence-electron chi connectivity index (χ3n) is 6.52. The molecule has 192 valence electrons. The highest BCUT2D eigenvalue weighted by Crippen LogP contribution is 2.30. The van der Waals surface area contributed by atoms with Crippen LogP contribution in [-0.4, -0.2) is 55.6 Å². The Hall–Kier alpha value is -4.11. The van der Waals surface area contributed by atoms with E-state index < -0.39 is 0 Å². The third kappa shape index (κ3) is 6.37. The van der Waals surface area contributed by atoms with Crippen molar-refractivity contribution in [2.45, 2.75) is 25.9 Å². The number of amides is 2. The van der Waals surface area contributed by atoms with Gasteiger partial charge in [0.25, 0.3) is 5.91 Å². The Morgan fingerprint density at radius 3 is 2.76 bits per heavy atom. The molecule has 0 spiro atoms. The summed E-state index contributed by atoms with van der Waals surface area (Å²) in [6, 6.07) is 17.4. The van der Waals surface area contributed by atoms with Crippen molar-refractivity contribution in [2.24, 2.45) is 0 Å². The van der Waals surface area contributed by atoms with Gasteiger partial charge in [0.1, 0.15) is 18.2 Å². The number of rotatable bonds is 7. The van der Waals surface area contributed by atoms with Crippen molar-refractivity contribution in [3.63, 3.8) is 0 Å². The van der Waals surface area contributed by atoms with Crippen molar-refractivity contribution in [3.8, 4) is 5.75 Å². The van der Waals surface area contributed by atoms with Crippen molar-refractivity contribution in [1.29, 1.82) is 0 Å². The summed E-state index contributed by atoms with van der Waals surface area (Å²) >= 11 is 0. The van der Waals surface area contributed by atoms with Gasteiger partial charge in [-0.2, -0.15) is 0 Å². The number of hydrogen-bond acceptors (Lipinski definition) is 7. The number of hydrogen-bond donors (Lipinski definition) is 4. The summed E-state index contributed by atoms with van der Waals surface area (Å²) in [5.74, 6) is 1.29. The third-order valence-corrected chi connectivity index (χ3v) is 6.52. The monoisotopic (exact) mass is 500 g/mol. The summed E-state index contributed by atoms with van der Waals surface area (Å²) in [5, 5.41) is 12.5. The van der Waals surface area contributed by atoms with E-state index >= 15 is 0 Å². The average molecular weight is 501 g/mol. The molecule has 2 amide bonds. The summed E-state index contributed by atoms with van der Waals surface area (Å²) in [7, 11) is 0. The highest BCUT2D eigenvalue weighted by molar-refractivity contribution is 5.94. The number of anilines is 3. The zero-order valence-electron chi connectivity index (χ0n) is 20.9. The standard InChI is InChI=1S/C28H32N6O3/c1-19(35)32-23-4-2-3-20(13-23)16-30-27-8-6-22(17-31-27)28(36)33-24-14-21-5-7-25(15-26(21)37-18-24)34-11-9-29-10-12-34/h2-8,13,15,17,24,29H,9-12,14,16,18H2,1H3,(H,30,31)(H,32,35)(H,33,36)/t24-/m1/s1. The number of fused-ring (bicyclic) bond motifs is 1. The molecule has 4 N–H and O–H groups in total. The lowest BCUT2D eigenvalue weighted by Crippen LogP contribution is -2.44. The number of pyridine rings is 1. The molecule has 9 heteroatoms. The van der Waals surface area contributed by atoms with Crippen LogP contribution < -0.4 is 30.9 Å². The van der Waals surface area contributed by atoms with Crippen molar-refractivity contribution >= 4 is 29.0 Å². The first kappa shape index (κ1) is 24.6. The smallest absolute Gasteiger partial charge is 0.253 e. The summed E-state index contributed by atoms with van der Waals surface area (Å²) in [6.45, 7) is 6.43. The summed E-state index contributed by atoms with van der Waals surface area (Å²) in [4.78, 5) is 30.8. The van der Waals surface area contributed by atoms with Gasteiger partial charge in [0.2, 0.25) is 5.91 Å². The minimum atomic E-state index is -0.170. The molecule has 0 radical (unpaired) electrons. The predicted octanol–water partition coefficient (Wildman–Crippen LogP) is 2.80. The molecular weight excluding hydrogens is 468 g/mol. The highest BCUT2D eigenvalue weighted by Gasteiger charge is 2.23. The van der Waals surface area contributed by atoms with Gasteiger partial charge in [-0.1, -0.05) is 18.2 Å². The Labute approximate surface area is 216 Å². The van der Waals surface area contributed by atoms with Gasteiger partial charge in [0.05, 0.1) is 11.6 Å². The minimum Gasteiger partial charge on any atom is -0.491 e. The van der Waals surface area contributed by atoms with E-state index in [4.69, 9.17) is 4.74 Å². The number of carbonyl (C=O) groups excluding carboxylic acids is 2. The van der Waals surface area contributed by atoms with E-state index in [0.717, 1.165) is 55.2 Å². The van der Waals surface area contributed by atoms with Crippen LogP contribution in [0.5, 0.6) is 5.75 Å². The Morgan fingerprint density at radius 2 is 1.97 bits per heavy atom. The fourth-order valence-corrected chi connectivity index (χ4v) is 4.63. The van der Waals surface area contributed by atoms with Crippen molar-refractivity contribution in [3.05, 3.63) is 77.5 Å². The Bertz CT molecular complexity index is 1260. The van der Waals surface area contributed by atoms with E-state index in [-0.39, 0.29) is 17.9 Å². The molecule has 0 unspecified atom stereocenters. The van der Waals surface area contributed by atoms with Crippen LogP contribution in [0.2, 0.25) is 0 Å². The number of nitrogens with one attached hydrogen (secondary N) is 4. The van der Waals surface area contributed by atoms with E-state index in [9.17, 15) is 9.59 Å². The summed E-state index contributed by atoms with van der Waals surface area (Å²) < 4.78 is 6.02. The van der Waals surface area contributed by atoms with Crippen LogP contribution in [0.15, 0.2) is 60.8 Å². The molecule has 1 atom stereocenters. The van der Waals surface area contributed by atoms with Crippen molar-refractivity contribution in [2.75, 3.05) is 48.3 Å². The Kier molecular flexibility index (Phi) is 7.51. The molecule has 1 aromatic heterocycles. The molecule has 2 aliphatic heterocycles. The van der Waals surface area contributed by atoms with Gasteiger partial charge < -0.3 is 30.9 Å². The number of piperazine rings is 1. The molecule has 37 heavy (non-hydrogen) atoms. The molecular formula is C28H32N6O3. The molecule has 0 aliphatic carbocycles. The van der Waals surface area contributed by atoms with Gasteiger partial charge in [-0.25, -0.2) is 4.98 Å². The summed E-state index contributed by atoms with van der Waals surface area (Å²) in [6.07, 6.45) is 2.30. The average Bonchev–Trinajstić information content (AvgIpc) is 2.92. The van der Waals surface area contributed by atoms with Crippen LogP contribution in [0.1, 0.15) is 28.4 Å². The molecule has 1 fully saturated rings. The maximum Gasteiger partial charge on any atom is 0.253 e. The van der Waals surface area contributed by atoms with Crippen molar-refractivity contribution in [1.82, 2.24) is 15.6 Å². The molecule has 3 aromatic rings. The van der Waals surface area contributed by atoms with E-state index in [1.165, 1.54) is 12.6 Å². The van der Waals surface area contributed by atoms with Gasteiger partial charge in [-0.05, 0) is 47.9 Å². The topological polar surface area (TPSA) is 108 Å². The number of ether oxygens (including phenoxy) is 1. The molecule has 9 nitrogen and oxygen atoms in total. The van der Waals surface area contributed by atoms with Crippen LogP contribution in [0.4, 0.5) is 17.2 Å². The van der Waals surface area contributed by atoms with E-state index in [0.29, 0.717) is 24.5 Å². The van der Waals surface area contributed by atoms with Gasteiger partial charge >= 0.3 is 0 Å². The molecule has 0 bridgehead atoms. The van der Waals surface area contributed by atoms with Crippen LogP contribution >= 0.6 is 0 Å². The maximum absolute atomic E-state index is 12.8. The van der Waals surface area contributed by atoms with Crippen molar-refractivity contribution < 1.29 is 14.3 Å². The predicted molar refractivity (Wildman–Crippen MR) is 144 cm³/mol. The first-order valence-electron chi connectivity index (χ1n) is 12.6. The zero-order chi connectivity index (χ0) is 25.6. The lowest BCUT2D eigenvalue weighted by molar-refractivity contribution is -0.114. The van der Waals surface area contributed by atoms with E-state index in [1.54, 1.807) is 18.3 Å². The number of aromatic nitrogens is 1. The first-order valence-corrected chi connectivity index (χ1v) is 12.6. The highest BCUT2D eigenvalue weighted by atomic mass is 16.5. The molecule has 1 saturated heterocycles. The van der Waals surface area contributed by atoms with Crippen LogP contribution in [-0.2, 0) is 17.8 Å². The van der Waals surface area contributed by atoms with Crippen LogP contribution in [0.25, 0.3) is 0 Å². The normalized spacial score (nSPS) is 16.8. The number of nitrogens with zero attached hydrogens (tertiary/aromatic N) is 2. The molecule has 5 rings (SSSR count). The fraction of sp³-hybridized carbons (Fsp3) is 0.321. The van der Waals surface area contributed by atoms with E-state index in [1.807, 2.05) is 24.3 Å². The van der Waals surface area contributed by atoms with Gasteiger partial charge in [-0.15, -0.1) is 0 Å². The Balaban J connectivity index is 1.13. The van der Waals surface area contributed by atoms with Gasteiger partial charge in [0.15, 0.2) is 0 Å². The lowest BCUT2D eigenvalue weighted by atomic mass is 10.0. The first-order chi connectivity index (χ1) is 18.0. The maximum atomic E-state index is 12.8. The minimum absolute atomic E-state index is 0.0984. The van der Waals surface area contributed by atoms with Gasteiger partial charge in [0, 0.05) is 63.3 Å². The summed E-state index contributed by atoms with van der Waals surface area (Å²) in [5.41, 5.74) is 4.55. The van der Waals surface area contributed by atoms with Crippen LogP contribution in [0.3, 0.4) is 0 Å². The molecule has 3 heterocycles. The number of carbonyl (C=O) groups is 2. The molecule has 2 aliphatic rings. The second-order valence-electron chi connectivity index (χ2n) is 9.38. The fourth-order valence-electron chi connectivity index (χ4n) is 4.63. The molecule has 0 saturated carbocycles. The lowest BCUT2D eigenvalue weighted by Gasteiger charge is -2.31. The van der Waals surface area contributed by atoms with Gasteiger partial charge in [-0.3, -0.25) is 9.59 Å². The zero-order valence-corrected chi connectivity index (χ0v) is 20.9. The number of benzene rings is 2. The second-order valence-corrected chi connectivity index (χ2v) is 9.38. The molecule has 2 aromatic carbocycles. The Morgan fingerprint density at radius 1 is 1.11 bits per heavy atom.